The first-order valence-electron chi connectivity index (χ1n) is 3.17. The van der Waals surface area contributed by atoms with Gasteiger partial charge >= 0.3 is 0 Å². The predicted molar refractivity (Wildman–Crippen MR) is 40.6 cm³/mol. The van der Waals surface area contributed by atoms with Crippen LogP contribution in [0.4, 0.5) is 0 Å². The van der Waals surface area contributed by atoms with E-state index in [9.17, 15) is 0 Å². The van der Waals surface area contributed by atoms with Crippen molar-refractivity contribution >= 4 is 10.8 Å². The van der Waals surface area contributed by atoms with Crippen LogP contribution in [0.2, 0.25) is 0 Å². The first-order chi connectivity index (χ1) is 4.97. The summed E-state index contributed by atoms with van der Waals surface area (Å²) in [7, 11) is 0. The van der Waals surface area contributed by atoms with Gasteiger partial charge < -0.3 is 0 Å². The number of hydrogen-bond acceptors (Lipinski definition) is 1. The normalized spacial score (nSPS) is 10.0. The summed E-state index contributed by atoms with van der Waals surface area (Å²) in [6.07, 6.45) is 3.52. The molecule has 0 spiro atoms. The van der Waals surface area contributed by atoms with Gasteiger partial charge in [-0.25, -0.2) is 0 Å². The van der Waals surface area contributed by atoms with Crippen LogP contribution in [0.25, 0.3) is 10.8 Å². The summed E-state index contributed by atoms with van der Waals surface area (Å²) >= 11 is 0. The molecule has 0 aliphatic heterocycles. The van der Waals surface area contributed by atoms with E-state index in [1.807, 2.05) is 30.5 Å². The molecule has 0 unspecified atom stereocenters. The van der Waals surface area contributed by atoms with Gasteiger partial charge in [0.05, 0.1) is 0 Å². The van der Waals surface area contributed by atoms with Crippen molar-refractivity contribution in [3.63, 3.8) is 0 Å². The van der Waals surface area contributed by atoms with Crippen molar-refractivity contribution in [2.45, 2.75) is 0 Å². The Hall–Kier alpha value is -1.37. The lowest BCUT2D eigenvalue weighted by molar-refractivity contribution is 1.36. The van der Waals surface area contributed by atoms with Gasteiger partial charge in [0.15, 0.2) is 0 Å². The zero-order valence-corrected chi connectivity index (χ0v) is 5.41. The summed E-state index contributed by atoms with van der Waals surface area (Å²) < 4.78 is 0. The third kappa shape index (κ3) is 0.760. The molecule has 10 heavy (non-hydrogen) atoms. The van der Waals surface area contributed by atoms with E-state index in [0.29, 0.717) is 0 Å². The van der Waals surface area contributed by atoms with Crippen LogP contribution in [0.1, 0.15) is 0 Å². The Balaban J connectivity index is 2.89. The lowest BCUT2D eigenvalue weighted by Gasteiger charge is -1.91. The molecule has 1 heterocycles. The number of benzene rings is 1. The van der Waals surface area contributed by atoms with E-state index in [2.05, 4.69) is 11.1 Å². The van der Waals surface area contributed by atoms with Crippen LogP contribution in [-0.4, -0.2) is 4.98 Å². The molecule has 0 saturated carbocycles. The number of rotatable bonds is 0. The van der Waals surface area contributed by atoms with Gasteiger partial charge in [0.1, 0.15) is 0 Å². The molecule has 0 fully saturated rings. The first kappa shape index (κ1) is 5.42. The minimum Gasteiger partial charge on any atom is -0.263 e. The van der Waals surface area contributed by atoms with Crippen LogP contribution in [0.15, 0.2) is 36.7 Å². The van der Waals surface area contributed by atoms with E-state index in [4.69, 9.17) is 0 Å². The second-order valence-corrected chi connectivity index (χ2v) is 2.14. The van der Waals surface area contributed by atoms with Crippen molar-refractivity contribution in [3.8, 4) is 0 Å². The molecule has 2 aromatic rings. The molecule has 2 rings (SSSR count). The van der Waals surface area contributed by atoms with Gasteiger partial charge in [-0.05, 0) is 5.39 Å². The maximum atomic E-state index is 3.96. The van der Waals surface area contributed by atoms with Gasteiger partial charge in [-0.1, -0.05) is 24.3 Å². The maximum Gasteiger partial charge on any atom is 0.0353 e. The number of nitrogens with zero attached hydrogens (tertiary/aromatic N) is 1. The van der Waals surface area contributed by atoms with Crippen LogP contribution in [0, 0.1) is 6.07 Å². The standard InChI is InChI=1S/C9H6N/c1-2-4-9-7-10-6-5-8(9)3-1/h1-4,6-7H. The Labute approximate surface area is 59.3 Å². The molecule has 0 aliphatic rings. The minimum absolute atomic E-state index is 1.12. The minimum atomic E-state index is 1.12. The zero-order valence-electron chi connectivity index (χ0n) is 5.41. The van der Waals surface area contributed by atoms with E-state index in [0.717, 1.165) is 10.8 Å². The van der Waals surface area contributed by atoms with E-state index < -0.39 is 0 Å². The summed E-state index contributed by atoms with van der Waals surface area (Å²) in [5.74, 6) is 0. The smallest absolute Gasteiger partial charge is 0.0353 e. The van der Waals surface area contributed by atoms with Gasteiger partial charge in [0.2, 0.25) is 0 Å². The first-order valence-corrected chi connectivity index (χ1v) is 3.17. The third-order valence-corrected chi connectivity index (χ3v) is 1.47. The highest BCUT2D eigenvalue weighted by Gasteiger charge is 1.86. The summed E-state index contributed by atoms with van der Waals surface area (Å²) in [6.45, 7) is 0. The van der Waals surface area contributed by atoms with E-state index >= 15 is 0 Å². The molecule has 0 saturated heterocycles. The number of fused-ring (bicyclic) bond motifs is 1. The third-order valence-electron chi connectivity index (χ3n) is 1.47. The van der Waals surface area contributed by atoms with Crippen molar-refractivity contribution in [2.24, 2.45) is 0 Å². The van der Waals surface area contributed by atoms with Crippen LogP contribution >= 0.6 is 0 Å². The van der Waals surface area contributed by atoms with Gasteiger partial charge in [0, 0.05) is 23.8 Å². The molecular weight excluding hydrogens is 122 g/mol. The van der Waals surface area contributed by atoms with Crippen LogP contribution < -0.4 is 0 Å². The fourth-order valence-corrected chi connectivity index (χ4v) is 0.965. The summed E-state index contributed by atoms with van der Waals surface area (Å²) in [4.78, 5) is 3.96. The molecular formula is C9H6N. The van der Waals surface area contributed by atoms with Crippen molar-refractivity contribution in [1.82, 2.24) is 4.98 Å². The highest BCUT2D eigenvalue weighted by molar-refractivity contribution is 5.80. The van der Waals surface area contributed by atoms with Gasteiger partial charge in [-0.2, -0.15) is 0 Å². The Morgan fingerprint density at radius 2 is 2.10 bits per heavy atom. The SMILES string of the molecule is [c]1cncc2ccccc12. The van der Waals surface area contributed by atoms with E-state index in [-0.39, 0.29) is 0 Å². The quantitative estimate of drug-likeness (QED) is 0.529. The Morgan fingerprint density at radius 3 is 3.00 bits per heavy atom. The van der Waals surface area contributed by atoms with Crippen molar-refractivity contribution in [1.29, 1.82) is 0 Å². The molecule has 1 nitrogen and oxygen atoms in total. The number of pyridine rings is 1. The van der Waals surface area contributed by atoms with Crippen molar-refractivity contribution in [2.75, 3.05) is 0 Å². The highest BCUT2D eigenvalue weighted by Crippen LogP contribution is 2.08. The Kier molecular flexibility index (Phi) is 1.14. The summed E-state index contributed by atoms with van der Waals surface area (Å²) in [5.41, 5.74) is 0. The fraction of sp³-hybridized carbons (Fsp3) is 0. The second kappa shape index (κ2) is 2.10. The lowest BCUT2D eigenvalue weighted by atomic mass is 10.2. The van der Waals surface area contributed by atoms with E-state index in [1.54, 1.807) is 6.20 Å². The molecule has 1 aromatic carbocycles. The van der Waals surface area contributed by atoms with Crippen LogP contribution in [0.5, 0.6) is 0 Å². The van der Waals surface area contributed by atoms with Crippen LogP contribution in [-0.2, 0) is 0 Å². The van der Waals surface area contributed by atoms with Crippen molar-refractivity contribution in [3.05, 3.63) is 42.7 Å². The molecule has 47 valence electrons. The number of aromatic nitrogens is 1. The average molecular weight is 128 g/mol. The Morgan fingerprint density at radius 1 is 1.20 bits per heavy atom. The lowest BCUT2D eigenvalue weighted by Crippen LogP contribution is -1.72. The molecule has 0 aliphatic carbocycles. The molecule has 1 radical (unpaired) electrons. The topological polar surface area (TPSA) is 12.9 Å². The molecule has 0 bridgehead atoms. The molecule has 1 heteroatoms. The van der Waals surface area contributed by atoms with Gasteiger partial charge in [0.25, 0.3) is 0 Å². The van der Waals surface area contributed by atoms with Gasteiger partial charge in [-0.15, -0.1) is 0 Å². The predicted octanol–water partition coefficient (Wildman–Crippen LogP) is 2.03. The maximum absolute atomic E-state index is 3.96. The highest BCUT2D eigenvalue weighted by atomic mass is 14.6. The van der Waals surface area contributed by atoms with Gasteiger partial charge in [-0.3, -0.25) is 4.98 Å². The molecule has 0 amide bonds. The van der Waals surface area contributed by atoms with E-state index in [1.165, 1.54) is 0 Å². The molecule has 0 atom stereocenters. The van der Waals surface area contributed by atoms with Crippen molar-refractivity contribution < 1.29 is 0 Å². The fourth-order valence-electron chi connectivity index (χ4n) is 0.965. The summed E-state index contributed by atoms with van der Waals surface area (Å²) in [6, 6.07) is 11.1. The second-order valence-electron chi connectivity index (χ2n) is 2.14. The molecule has 1 aromatic heterocycles. The Bertz CT molecular complexity index is 276. The van der Waals surface area contributed by atoms with Crippen LogP contribution in [0.3, 0.4) is 0 Å². The summed E-state index contributed by atoms with van der Waals surface area (Å²) in [5, 5.41) is 2.27. The largest absolute Gasteiger partial charge is 0.263 e. The monoisotopic (exact) mass is 128 g/mol. The molecule has 0 N–H and O–H groups in total. The number of hydrogen-bond donors (Lipinski definition) is 0. The average Bonchev–Trinajstić information content (AvgIpc) is 2.05. The zero-order chi connectivity index (χ0) is 6.81.